The molecule has 1 amide bonds. The second-order valence-electron chi connectivity index (χ2n) is 5.17. The van der Waals surface area contributed by atoms with E-state index >= 15 is 0 Å². The molecule has 1 aromatic heterocycles. The molecule has 0 unspecified atom stereocenters. The molecule has 29 heavy (non-hydrogen) atoms. The molecule has 0 atom stereocenters. The molecule has 0 aliphatic heterocycles. The third-order valence-electron chi connectivity index (χ3n) is 3.37. The number of amides is 1. The van der Waals surface area contributed by atoms with Gasteiger partial charge in [-0.15, -0.1) is 0 Å². The fraction of sp³-hybridized carbons (Fsp3) is 0.222. The van der Waals surface area contributed by atoms with Crippen LogP contribution < -0.4 is 10.1 Å². The number of rotatable bonds is 7. The number of esters is 2. The molecular weight excluding hydrogens is 451 g/mol. The van der Waals surface area contributed by atoms with Crippen molar-refractivity contribution in [1.82, 2.24) is 10.3 Å². The van der Waals surface area contributed by atoms with Crippen LogP contribution in [-0.4, -0.2) is 57.9 Å². The van der Waals surface area contributed by atoms with Gasteiger partial charge in [0.2, 0.25) is 6.04 Å². The fourth-order valence-electron chi connectivity index (χ4n) is 2.00. The van der Waals surface area contributed by atoms with E-state index < -0.39 is 38.7 Å². The van der Waals surface area contributed by atoms with Crippen LogP contribution in [0.3, 0.4) is 0 Å². The predicted molar refractivity (Wildman–Crippen MR) is 97.4 cm³/mol. The Bertz CT molecular complexity index is 836. The fourth-order valence-corrected chi connectivity index (χ4v) is 2.00. The van der Waals surface area contributed by atoms with Crippen molar-refractivity contribution in [2.75, 3.05) is 14.2 Å². The summed E-state index contributed by atoms with van der Waals surface area (Å²) in [6.45, 7) is 0.362. The van der Waals surface area contributed by atoms with Gasteiger partial charge in [0.15, 0.2) is 0 Å². The molecular formula is C18H18N2O8Se. The number of aromatic nitrogens is 1. The number of pyridine rings is 1. The van der Waals surface area contributed by atoms with E-state index in [0.717, 1.165) is 19.8 Å². The number of methoxy groups -OCH3 is 2. The molecule has 1 N–H and O–H groups in total. The number of benzene rings is 1. The monoisotopic (exact) mass is 470 g/mol. The van der Waals surface area contributed by atoms with Crippen molar-refractivity contribution in [3.05, 3.63) is 59.9 Å². The number of hydrogen-bond donors (Lipinski definition) is 1. The summed E-state index contributed by atoms with van der Waals surface area (Å²) in [5.74, 6) is -2.12. The van der Waals surface area contributed by atoms with Crippen molar-refractivity contribution in [3.8, 4) is 5.75 Å². The van der Waals surface area contributed by atoms with Gasteiger partial charge in [-0.1, -0.05) is 30.3 Å². The van der Waals surface area contributed by atoms with E-state index in [2.05, 4.69) is 19.8 Å². The van der Waals surface area contributed by atoms with Gasteiger partial charge in [0, 0.05) is 0 Å². The quantitative estimate of drug-likeness (QED) is 0.349. The molecule has 1 aromatic carbocycles. The Kier molecular flexibility index (Phi) is 10.6. The van der Waals surface area contributed by atoms with Gasteiger partial charge in [-0.2, -0.15) is 0 Å². The maximum atomic E-state index is 12.2. The molecule has 1 heterocycles. The van der Waals surface area contributed by atoms with Gasteiger partial charge >= 0.3 is 34.4 Å². The number of nitrogens with one attached hydrogen (secondary N) is 1. The first-order valence-corrected chi connectivity index (χ1v) is 9.37. The summed E-state index contributed by atoms with van der Waals surface area (Å²) < 4.78 is 31.4. The molecule has 0 aliphatic rings. The molecule has 0 radical (unpaired) electrons. The number of ether oxygens (including phenoxy) is 3. The van der Waals surface area contributed by atoms with Gasteiger partial charge in [0.1, 0.15) is 18.1 Å². The van der Waals surface area contributed by atoms with Crippen LogP contribution in [0.5, 0.6) is 5.75 Å². The molecule has 0 fully saturated rings. The second-order valence-corrected chi connectivity index (χ2v) is 5.46. The molecule has 10 nitrogen and oxygen atoms in total. The van der Waals surface area contributed by atoms with Gasteiger partial charge in [-0.25, -0.2) is 14.6 Å². The first-order chi connectivity index (χ1) is 14.0. The van der Waals surface area contributed by atoms with Crippen LogP contribution in [-0.2, 0) is 33.3 Å². The molecule has 2 aromatic rings. The first kappa shape index (κ1) is 23.7. The van der Waals surface area contributed by atoms with Crippen molar-refractivity contribution >= 4 is 32.7 Å². The van der Waals surface area contributed by atoms with Crippen LogP contribution in [0.25, 0.3) is 0 Å². The molecule has 154 valence electrons. The zero-order valence-corrected chi connectivity index (χ0v) is 17.2. The molecule has 0 spiro atoms. The van der Waals surface area contributed by atoms with E-state index in [-0.39, 0.29) is 5.69 Å². The number of nitrogens with zero attached hydrogens (tertiary/aromatic N) is 1. The van der Waals surface area contributed by atoms with E-state index in [1.165, 1.54) is 12.3 Å². The van der Waals surface area contributed by atoms with Gasteiger partial charge in [0.25, 0.3) is 5.91 Å². The topological polar surface area (TPSA) is 138 Å². The van der Waals surface area contributed by atoms with E-state index in [1.807, 2.05) is 30.3 Å². The minimum atomic E-state index is -1.62. The Morgan fingerprint density at radius 2 is 1.59 bits per heavy atom. The number of hydrogen-bond acceptors (Lipinski definition) is 9. The molecule has 2 rings (SSSR count). The van der Waals surface area contributed by atoms with E-state index in [4.69, 9.17) is 12.4 Å². The van der Waals surface area contributed by atoms with Crippen molar-refractivity contribution in [2.45, 2.75) is 12.6 Å². The zero-order valence-electron chi connectivity index (χ0n) is 15.5. The Morgan fingerprint density at radius 1 is 1.00 bits per heavy atom. The summed E-state index contributed by atoms with van der Waals surface area (Å²) in [5.41, 5.74) is 1.00. The number of carbonyl (C=O) groups excluding carboxylic acids is 3. The summed E-state index contributed by atoms with van der Waals surface area (Å²) in [7, 11) is 2.20. The van der Waals surface area contributed by atoms with Crippen LogP contribution in [0.2, 0.25) is 0 Å². The van der Waals surface area contributed by atoms with E-state index in [0.29, 0.717) is 12.4 Å². The molecule has 0 aliphatic carbocycles. The third kappa shape index (κ3) is 8.08. The average Bonchev–Trinajstić information content (AvgIpc) is 2.76. The van der Waals surface area contributed by atoms with E-state index in [9.17, 15) is 14.4 Å². The molecule has 0 saturated carbocycles. The minimum absolute atomic E-state index is 0.00914. The second kappa shape index (κ2) is 13.0. The van der Waals surface area contributed by atoms with Crippen molar-refractivity contribution in [1.29, 1.82) is 0 Å². The van der Waals surface area contributed by atoms with Crippen molar-refractivity contribution in [3.63, 3.8) is 0 Å². The summed E-state index contributed by atoms with van der Waals surface area (Å²) in [4.78, 5) is 39.3. The number of carbonyl (C=O) groups is 3. The molecule has 11 heteroatoms. The SMILES string of the molecule is COC(=O)C(NC(=O)c1ccc(OCc2ccccc2)cn1)C(=O)OC.O=[Se]=O. The summed E-state index contributed by atoms with van der Waals surface area (Å²) in [5, 5.41) is 2.22. The summed E-state index contributed by atoms with van der Waals surface area (Å²) in [6, 6.07) is 11.0. The summed E-state index contributed by atoms with van der Waals surface area (Å²) in [6.07, 6.45) is 1.38. The van der Waals surface area contributed by atoms with E-state index in [1.54, 1.807) is 6.07 Å². The third-order valence-corrected chi connectivity index (χ3v) is 3.37. The predicted octanol–water partition coefficient (Wildman–Crippen LogP) is 0.487. The Hall–Kier alpha value is -3.30. The zero-order chi connectivity index (χ0) is 21.6. The van der Waals surface area contributed by atoms with Crippen molar-refractivity contribution in [2.24, 2.45) is 0 Å². The van der Waals surface area contributed by atoms with Crippen LogP contribution in [0.4, 0.5) is 0 Å². The Balaban J connectivity index is 0.00000132. The van der Waals surface area contributed by atoms with Gasteiger partial charge in [-0.05, 0) is 17.7 Å². The standard InChI is InChI=1S/C18H18N2O6.O2Se/c1-24-17(22)15(18(23)25-2)20-16(21)14-9-8-13(10-19-14)26-11-12-6-4-3-5-7-12;1-3-2/h3-10,15H,11H2,1-2H3,(H,20,21);. The van der Waals surface area contributed by atoms with Crippen molar-refractivity contribution < 1.29 is 36.3 Å². The van der Waals surface area contributed by atoms with Gasteiger partial charge in [0.05, 0.1) is 20.4 Å². The normalized spacial score (nSPS) is 9.48. The Labute approximate surface area is 172 Å². The first-order valence-electron chi connectivity index (χ1n) is 7.97. The van der Waals surface area contributed by atoms with Gasteiger partial charge < -0.3 is 19.5 Å². The van der Waals surface area contributed by atoms with Crippen LogP contribution in [0, 0.1) is 0 Å². The molecule has 0 bridgehead atoms. The van der Waals surface area contributed by atoms with Crippen LogP contribution in [0.15, 0.2) is 48.7 Å². The Morgan fingerprint density at radius 3 is 2.07 bits per heavy atom. The summed E-state index contributed by atoms with van der Waals surface area (Å²) >= 11 is -1.62. The maximum absolute atomic E-state index is 12.2. The van der Waals surface area contributed by atoms with Crippen LogP contribution >= 0.6 is 0 Å². The van der Waals surface area contributed by atoms with Gasteiger partial charge in [-0.3, -0.25) is 4.79 Å². The molecule has 0 saturated heterocycles. The average molecular weight is 469 g/mol. The van der Waals surface area contributed by atoms with Crippen LogP contribution in [0.1, 0.15) is 16.1 Å².